The number of benzene rings is 2. The Hall–Kier alpha value is -3.08. The van der Waals surface area contributed by atoms with Crippen LogP contribution in [-0.2, 0) is 11.3 Å². The van der Waals surface area contributed by atoms with Crippen molar-refractivity contribution in [3.63, 3.8) is 0 Å². The lowest BCUT2D eigenvalue weighted by Gasteiger charge is -2.17. The monoisotopic (exact) mass is 349 g/mol. The highest BCUT2D eigenvalue weighted by Gasteiger charge is 2.12. The van der Waals surface area contributed by atoms with E-state index in [2.05, 4.69) is 5.10 Å². The molecular formula is C21H23N3O2. The minimum atomic E-state index is -0.0710. The second-order valence-corrected chi connectivity index (χ2v) is 6.44. The Balaban J connectivity index is 1.58. The summed E-state index contributed by atoms with van der Waals surface area (Å²) in [5, 5.41) is 4.36. The molecule has 26 heavy (non-hydrogen) atoms. The third-order valence-electron chi connectivity index (χ3n) is 4.20. The number of nitrogens with zero attached hydrogens (tertiary/aromatic N) is 3. The van der Waals surface area contributed by atoms with Gasteiger partial charge in [0, 0.05) is 25.4 Å². The lowest BCUT2D eigenvalue weighted by molar-refractivity contribution is -0.132. The van der Waals surface area contributed by atoms with Crippen molar-refractivity contribution in [3.8, 4) is 11.4 Å². The van der Waals surface area contributed by atoms with Gasteiger partial charge in [-0.1, -0.05) is 30.3 Å². The van der Waals surface area contributed by atoms with Crippen molar-refractivity contribution in [3.05, 3.63) is 77.6 Å². The first-order valence-corrected chi connectivity index (χ1v) is 8.56. The molecular weight excluding hydrogens is 326 g/mol. The van der Waals surface area contributed by atoms with Crippen molar-refractivity contribution in [2.24, 2.45) is 0 Å². The number of ether oxygens (including phenoxy) is 1. The average molecular weight is 349 g/mol. The number of para-hydroxylation sites is 1. The number of amides is 1. The van der Waals surface area contributed by atoms with Crippen LogP contribution in [0.25, 0.3) is 5.69 Å². The Bertz CT molecular complexity index is 887. The molecule has 1 heterocycles. The highest BCUT2D eigenvalue weighted by atomic mass is 16.5. The number of carbonyl (C=O) groups excluding carboxylic acids is 1. The molecule has 0 fully saturated rings. The van der Waals surface area contributed by atoms with Crippen molar-refractivity contribution in [1.29, 1.82) is 0 Å². The van der Waals surface area contributed by atoms with Crippen LogP contribution in [0.5, 0.6) is 5.75 Å². The molecule has 1 amide bonds. The summed E-state index contributed by atoms with van der Waals surface area (Å²) in [6.07, 6.45) is 3.72. The van der Waals surface area contributed by atoms with E-state index in [0.717, 1.165) is 28.1 Å². The SMILES string of the molecule is Cc1ccc(C)c(OCC(=O)N(C)Cc2cnn(-c3ccccc3)c2)c1. The van der Waals surface area contributed by atoms with Gasteiger partial charge < -0.3 is 9.64 Å². The van der Waals surface area contributed by atoms with Crippen molar-refractivity contribution < 1.29 is 9.53 Å². The average Bonchev–Trinajstić information content (AvgIpc) is 3.11. The maximum absolute atomic E-state index is 12.4. The zero-order valence-electron chi connectivity index (χ0n) is 15.3. The molecule has 0 aliphatic carbocycles. The fourth-order valence-corrected chi connectivity index (χ4v) is 2.64. The number of hydrogen-bond acceptors (Lipinski definition) is 3. The number of hydrogen-bond donors (Lipinski definition) is 0. The molecule has 0 atom stereocenters. The van der Waals surface area contributed by atoms with Crippen LogP contribution in [0, 0.1) is 13.8 Å². The van der Waals surface area contributed by atoms with Gasteiger partial charge in [0.2, 0.25) is 0 Å². The maximum Gasteiger partial charge on any atom is 0.260 e. The van der Waals surface area contributed by atoms with Crippen molar-refractivity contribution in [2.75, 3.05) is 13.7 Å². The van der Waals surface area contributed by atoms with Crippen LogP contribution in [0.1, 0.15) is 16.7 Å². The molecule has 2 aromatic carbocycles. The van der Waals surface area contributed by atoms with E-state index in [9.17, 15) is 4.79 Å². The summed E-state index contributed by atoms with van der Waals surface area (Å²) >= 11 is 0. The minimum Gasteiger partial charge on any atom is -0.483 e. The third-order valence-corrected chi connectivity index (χ3v) is 4.20. The molecule has 1 aromatic heterocycles. The van der Waals surface area contributed by atoms with Gasteiger partial charge in [-0.2, -0.15) is 5.10 Å². The molecule has 0 saturated carbocycles. The van der Waals surface area contributed by atoms with E-state index in [1.165, 1.54) is 0 Å². The molecule has 0 saturated heterocycles. The van der Waals surface area contributed by atoms with Gasteiger partial charge in [-0.3, -0.25) is 4.79 Å². The van der Waals surface area contributed by atoms with Crippen LogP contribution in [0.3, 0.4) is 0 Å². The Morgan fingerprint density at radius 1 is 1.15 bits per heavy atom. The van der Waals surface area contributed by atoms with E-state index in [1.54, 1.807) is 22.8 Å². The first-order chi connectivity index (χ1) is 12.5. The first kappa shape index (κ1) is 17.7. The highest BCUT2D eigenvalue weighted by Crippen LogP contribution is 2.19. The van der Waals surface area contributed by atoms with E-state index in [1.807, 2.05) is 68.6 Å². The number of carbonyl (C=O) groups is 1. The molecule has 3 aromatic rings. The topological polar surface area (TPSA) is 47.4 Å². The predicted molar refractivity (Wildman–Crippen MR) is 101 cm³/mol. The summed E-state index contributed by atoms with van der Waals surface area (Å²) in [6, 6.07) is 15.9. The van der Waals surface area contributed by atoms with Crippen LogP contribution >= 0.6 is 0 Å². The largest absolute Gasteiger partial charge is 0.483 e. The van der Waals surface area contributed by atoms with E-state index >= 15 is 0 Å². The Morgan fingerprint density at radius 2 is 1.92 bits per heavy atom. The van der Waals surface area contributed by atoms with E-state index in [-0.39, 0.29) is 12.5 Å². The zero-order valence-corrected chi connectivity index (χ0v) is 15.3. The van der Waals surface area contributed by atoms with Gasteiger partial charge in [-0.25, -0.2) is 4.68 Å². The smallest absolute Gasteiger partial charge is 0.260 e. The Labute approximate surface area is 153 Å². The number of aromatic nitrogens is 2. The van der Waals surface area contributed by atoms with Gasteiger partial charge in [-0.05, 0) is 43.2 Å². The van der Waals surface area contributed by atoms with Crippen molar-refractivity contribution in [1.82, 2.24) is 14.7 Å². The normalized spacial score (nSPS) is 10.6. The quantitative estimate of drug-likeness (QED) is 0.684. The van der Waals surface area contributed by atoms with E-state index in [0.29, 0.717) is 6.54 Å². The lowest BCUT2D eigenvalue weighted by atomic mass is 10.1. The molecule has 5 nitrogen and oxygen atoms in total. The second kappa shape index (κ2) is 7.87. The third kappa shape index (κ3) is 4.30. The van der Waals surface area contributed by atoms with E-state index < -0.39 is 0 Å². The molecule has 0 aliphatic rings. The summed E-state index contributed by atoms with van der Waals surface area (Å²) in [7, 11) is 1.77. The zero-order chi connectivity index (χ0) is 18.5. The van der Waals surface area contributed by atoms with Gasteiger partial charge in [0.25, 0.3) is 5.91 Å². The molecule has 3 rings (SSSR count). The highest BCUT2D eigenvalue weighted by molar-refractivity contribution is 5.77. The summed E-state index contributed by atoms with van der Waals surface area (Å²) in [4.78, 5) is 14.0. The summed E-state index contributed by atoms with van der Waals surface area (Å²) in [5.74, 6) is 0.682. The number of aryl methyl sites for hydroxylation is 2. The van der Waals surface area contributed by atoms with E-state index in [4.69, 9.17) is 4.74 Å². The van der Waals surface area contributed by atoms with Crippen LogP contribution in [0.2, 0.25) is 0 Å². The molecule has 0 unspecified atom stereocenters. The molecule has 0 aliphatic heterocycles. The van der Waals surface area contributed by atoms with Gasteiger partial charge in [-0.15, -0.1) is 0 Å². The van der Waals surface area contributed by atoms with Gasteiger partial charge >= 0.3 is 0 Å². The van der Waals surface area contributed by atoms with Crippen LogP contribution in [-0.4, -0.2) is 34.2 Å². The maximum atomic E-state index is 12.4. The molecule has 0 bridgehead atoms. The Kier molecular flexibility index (Phi) is 5.37. The predicted octanol–water partition coefficient (Wildman–Crippen LogP) is 3.53. The molecule has 0 radical (unpaired) electrons. The fourth-order valence-electron chi connectivity index (χ4n) is 2.64. The van der Waals surface area contributed by atoms with Crippen LogP contribution < -0.4 is 4.74 Å². The standard InChI is InChI=1S/C21H23N3O2/c1-16-9-10-17(2)20(11-16)26-15-21(25)23(3)13-18-12-22-24(14-18)19-7-5-4-6-8-19/h4-12,14H,13,15H2,1-3H3. The summed E-state index contributed by atoms with van der Waals surface area (Å²) < 4.78 is 7.51. The minimum absolute atomic E-state index is 0.0214. The molecule has 5 heteroatoms. The molecule has 0 spiro atoms. The van der Waals surface area contributed by atoms with Gasteiger partial charge in [0.05, 0.1) is 11.9 Å². The van der Waals surface area contributed by atoms with Gasteiger partial charge in [0.1, 0.15) is 5.75 Å². The van der Waals surface area contributed by atoms with Crippen LogP contribution in [0.15, 0.2) is 60.9 Å². The van der Waals surface area contributed by atoms with Crippen molar-refractivity contribution >= 4 is 5.91 Å². The summed E-state index contributed by atoms with van der Waals surface area (Å²) in [6.45, 7) is 4.49. The second-order valence-electron chi connectivity index (χ2n) is 6.44. The Morgan fingerprint density at radius 3 is 2.69 bits per heavy atom. The molecule has 0 N–H and O–H groups in total. The van der Waals surface area contributed by atoms with Crippen LogP contribution in [0.4, 0.5) is 0 Å². The number of likely N-dealkylation sites (N-methyl/N-ethyl adjacent to an activating group) is 1. The number of rotatable bonds is 6. The van der Waals surface area contributed by atoms with Gasteiger partial charge in [0.15, 0.2) is 6.61 Å². The van der Waals surface area contributed by atoms with Crippen molar-refractivity contribution in [2.45, 2.75) is 20.4 Å². The first-order valence-electron chi connectivity index (χ1n) is 8.56. The lowest BCUT2D eigenvalue weighted by Crippen LogP contribution is -2.30. The summed E-state index contributed by atoms with van der Waals surface area (Å²) in [5.41, 5.74) is 4.09. The molecule has 134 valence electrons. The fraction of sp³-hybridized carbons (Fsp3) is 0.238.